The van der Waals surface area contributed by atoms with E-state index >= 15 is 0 Å². The number of fused-ring (bicyclic) bond motifs is 1. The maximum absolute atomic E-state index is 14.8. The van der Waals surface area contributed by atoms with Crippen molar-refractivity contribution in [2.45, 2.75) is 63.2 Å². The van der Waals surface area contributed by atoms with Crippen molar-refractivity contribution in [2.75, 3.05) is 10.6 Å². The van der Waals surface area contributed by atoms with Gasteiger partial charge in [-0.25, -0.2) is 19.3 Å². The average Bonchev–Trinajstić information content (AvgIpc) is 3.17. The zero-order chi connectivity index (χ0) is 21.4. The van der Waals surface area contributed by atoms with E-state index in [1.807, 2.05) is 0 Å². The Kier molecular flexibility index (Phi) is 5.25. The molecule has 31 heavy (non-hydrogen) atoms. The molecule has 2 aliphatic carbocycles. The highest BCUT2D eigenvalue weighted by molar-refractivity contribution is 6.18. The third-order valence-electron chi connectivity index (χ3n) is 6.26. The second-order valence-corrected chi connectivity index (χ2v) is 8.38. The monoisotopic (exact) mass is 426 g/mol. The lowest BCUT2D eigenvalue weighted by molar-refractivity contribution is 0.103. The van der Waals surface area contributed by atoms with Crippen LogP contribution in [0.3, 0.4) is 0 Å². The van der Waals surface area contributed by atoms with Gasteiger partial charge in [-0.2, -0.15) is 4.39 Å². The van der Waals surface area contributed by atoms with Crippen LogP contribution in [0.15, 0.2) is 24.7 Å². The van der Waals surface area contributed by atoms with Gasteiger partial charge in [0.1, 0.15) is 29.8 Å². The number of nitrogens with zero attached hydrogens (tertiary/aromatic N) is 3. The molecule has 3 N–H and O–H groups in total. The molecule has 0 bridgehead atoms. The third-order valence-corrected chi connectivity index (χ3v) is 6.26. The summed E-state index contributed by atoms with van der Waals surface area (Å²) in [5.74, 6) is -0.388. The van der Waals surface area contributed by atoms with Gasteiger partial charge in [-0.1, -0.05) is 0 Å². The van der Waals surface area contributed by atoms with Gasteiger partial charge in [0.05, 0.1) is 16.5 Å². The maximum atomic E-state index is 14.8. The first-order chi connectivity index (χ1) is 15.1. The van der Waals surface area contributed by atoms with Gasteiger partial charge in [-0.15, -0.1) is 0 Å². The first-order valence-electron chi connectivity index (χ1n) is 10.8. The predicted octanol–water partition coefficient (Wildman–Crippen LogP) is 4.38. The topological polar surface area (TPSA) is 95.6 Å². The summed E-state index contributed by atoms with van der Waals surface area (Å²) in [7, 11) is 0. The fourth-order valence-corrected chi connectivity index (χ4v) is 4.23. The Morgan fingerprint density at radius 3 is 2.48 bits per heavy atom. The van der Waals surface area contributed by atoms with E-state index in [1.165, 1.54) is 18.6 Å². The number of aromatic amines is 1. The largest absolute Gasteiger partial charge is 0.367 e. The summed E-state index contributed by atoms with van der Waals surface area (Å²) in [5, 5.41) is 7.07. The summed E-state index contributed by atoms with van der Waals surface area (Å²) in [6, 6.07) is 3.42. The molecule has 0 aliphatic heterocycles. The van der Waals surface area contributed by atoms with Crippen molar-refractivity contribution < 1.29 is 13.6 Å². The normalized spacial score (nSPS) is 21.6. The lowest BCUT2D eigenvalue weighted by Crippen LogP contribution is -2.27. The van der Waals surface area contributed by atoms with Gasteiger partial charge >= 0.3 is 0 Å². The van der Waals surface area contributed by atoms with E-state index in [2.05, 4.69) is 30.6 Å². The minimum Gasteiger partial charge on any atom is -0.367 e. The van der Waals surface area contributed by atoms with Crippen LogP contribution < -0.4 is 10.6 Å². The van der Waals surface area contributed by atoms with Crippen molar-refractivity contribution >= 4 is 28.5 Å². The number of carbonyl (C=O) groups excluding carboxylic acids is 1. The molecule has 0 amide bonds. The molecule has 0 radical (unpaired) electrons. The molecule has 0 unspecified atom stereocenters. The molecule has 0 atom stereocenters. The van der Waals surface area contributed by atoms with Crippen LogP contribution in [0.2, 0.25) is 0 Å². The Balaban J connectivity index is 1.39. The molecule has 7 nitrogen and oxygen atoms in total. The Labute approximate surface area is 178 Å². The molecule has 0 spiro atoms. The third kappa shape index (κ3) is 3.96. The number of pyridine rings is 1. The van der Waals surface area contributed by atoms with E-state index in [4.69, 9.17) is 0 Å². The van der Waals surface area contributed by atoms with Crippen molar-refractivity contribution in [3.8, 4) is 0 Å². The van der Waals surface area contributed by atoms with Crippen molar-refractivity contribution in [1.82, 2.24) is 19.9 Å². The van der Waals surface area contributed by atoms with Gasteiger partial charge in [0.2, 0.25) is 5.95 Å². The molecule has 2 fully saturated rings. The second kappa shape index (κ2) is 8.20. The minimum atomic E-state index is -0.839. The van der Waals surface area contributed by atoms with E-state index < -0.39 is 17.9 Å². The van der Waals surface area contributed by atoms with Gasteiger partial charge in [-0.05, 0) is 57.1 Å². The van der Waals surface area contributed by atoms with Crippen LogP contribution in [0.1, 0.15) is 60.9 Å². The molecular formula is C22H24F2N6O. The molecule has 9 heteroatoms. The van der Waals surface area contributed by atoms with Crippen molar-refractivity contribution in [2.24, 2.45) is 0 Å². The van der Waals surface area contributed by atoms with Gasteiger partial charge in [0, 0.05) is 18.3 Å². The molecule has 0 aromatic carbocycles. The number of anilines is 2. The molecule has 3 aromatic heterocycles. The zero-order valence-electron chi connectivity index (χ0n) is 17.0. The molecule has 3 aromatic rings. The van der Waals surface area contributed by atoms with Crippen molar-refractivity contribution in [3.63, 3.8) is 0 Å². The first kappa shape index (κ1) is 19.8. The number of alkyl halides is 1. The number of hydrogen-bond acceptors (Lipinski definition) is 6. The van der Waals surface area contributed by atoms with E-state index in [0.717, 1.165) is 19.3 Å². The highest BCUT2D eigenvalue weighted by Gasteiger charge is 2.25. The number of nitrogens with one attached hydrogen (secondary N) is 3. The Bertz CT molecular complexity index is 1100. The first-order valence-corrected chi connectivity index (χ1v) is 10.8. The number of H-pyrrole nitrogens is 1. The van der Waals surface area contributed by atoms with Gasteiger partial charge in [0.25, 0.3) is 0 Å². The fourth-order valence-electron chi connectivity index (χ4n) is 4.23. The van der Waals surface area contributed by atoms with Crippen LogP contribution in [0.25, 0.3) is 11.0 Å². The van der Waals surface area contributed by atoms with Crippen LogP contribution in [0.5, 0.6) is 0 Å². The van der Waals surface area contributed by atoms with E-state index in [0.29, 0.717) is 60.0 Å². The minimum absolute atomic E-state index is 0.0614. The number of ketones is 1. The van der Waals surface area contributed by atoms with Crippen LogP contribution in [-0.4, -0.2) is 44.0 Å². The smallest absolute Gasteiger partial charge is 0.226 e. The summed E-state index contributed by atoms with van der Waals surface area (Å²) < 4.78 is 28.1. The number of rotatable bonds is 6. The van der Waals surface area contributed by atoms with Crippen LogP contribution in [0, 0.1) is 5.95 Å². The lowest BCUT2D eigenvalue weighted by Gasteiger charge is -2.27. The van der Waals surface area contributed by atoms with Crippen molar-refractivity contribution in [3.05, 3.63) is 41.7 Å². The Morgan fingerprint density at radius 2 is 1.77 bits per heavy atom. The number of halogens is 2. The number of carbonyl (C=O) groups is 1. The molecule has 2 saturated carbocycles. The lowest BCUT2D eigenvalue weighted by atomic mass is 9.93. The molecule has 0 saturated heterocycles. The SMILES string of the molecule is O=C(c1ccc(NC2CCC(F)CC2)nc1F)c1c[nH]c2ncnc(NC3CCC3)c12. The Morgan fingerprint density at radius 1 is 1.00 bits per heavy atom. The fraction of sp³-hybridized carbons (Fsp3) is 0.455. The van der Waals surface area contributed by atoms with Crippen molar-refractivity contribution in [1.29, 1.82) is 0 Å². The summed E-state index contributed by atoms with van der Waals surface area (Å²) in [6.45, 7) is 0. The average molecular weight is 426 g/mol. The van der Waals surface area contributed by atoms with E-state index in [-0.39, 0.29) is 11.6 Å². The standard InChI is InChI=1S/C22H24F2N6O/c23-12-4-6-14(7-5-12)28-17-9-8-15(20(24)30-17)19(31)16-10-25-21-18(16)22(27-11-26-21)29-13-2-1-3-13/h8-14H,1-7H2,(H,28,30)(H2,25,26,27,29). The molecule has 5 rings (SSSR count). The highest BCUT2D eigenvalue weighted by atomic mass is 19.1. The van der Waals surface area contributed by atoms with E-state index in [9.17, 15) is 13.6 Å². The van der Waals surface area contributed by atoms with Gasteiger partial charge in [0.15, 0.2) is 5.78 Å². The van der Waals surface area contributed by atoms with Crippen LogP contribution in [0.4, 0.5) is 20.4 Å². The van der Waals surface area contributed by atoms with Crippen LogP contribution >= 0.6 is 0 Å². The molecule has 2 aliphatic rings. The quantitative estimate of drug-likeness (QED) is 0.400. The Hall–Kier alpha value is -3.10. The van der Waals surface area contributed by atoms with E-state index in [1.54, 1.807) is 6.07 Å². The highest BCUT2D eigenvalue weighted by Crippen LogP contribution is 2.30. The molecule has 162 valence electrons. The summed E-state index contributed by atoms with van der Waals surface area (Å²) in [4.78, 5) is 28.6. The molecular weight excluding hydrogens is 402 g/mol. The second-order valence-electron chi connectivity index (χ2n) is 8.38. The summed E-state index contributed by atoms with van der Waals surface area (Å²) in [6.07, 6.45) is 7.84. The summed E-state index contributed by atoms with van der Waals surface area (Å²) in [5.41, 5.74) is 0.716. The zero-order valence-corrected chi connectivity index (χ0v) is 17.0. The van der Waals surface area contributed by atoms with Crippen LogP contribution in [-0.2, 0) is 0 Å². The summed E-state index contributed by atoms with van der Waals surface area (Å²) >= 11 is 0. The number of aromatic nitrogens is 4. The van der Waals surface area contributed by atoms with Gasteiger partial charge in [-0.3, -0.25) is 4.79 Å². The maximum Gasteiger partial charge on any atom is 0.226 e. The predicted molar refractivity (Wildman–Crippen MR) is 114 cm³/mol. The number of hydrogen-bond donors (Lipinski definition) is 3. The molecule has 3 heterocycles. The van der Waals surface area contributed by atoms with Gasteiger partial charge < -0.3 is 15.6 Å².